The normalized spacial score (nSPS) is 25.5. The second-order valence-electron chi connectivity index (χ2n) is 6.98. The van der Waals surface area contributed by atoms with E-state index in [9.17, 15) is 0 Å². The minimum atomic E-state index is 0.244. The molecule has 1 aliphatic rings. The maximum absolute atomic E-state index is 3.49. The SMILES string of the molecule is CC1CNCC(C)N1Cc1ccc(C(C)(C)C)cc1. The predicted octanol–water partition coefficient (Wildman–Crippen LogP) is 3.17. The van der Waals surface area contributed by atoms with Crippen LogP contribution in [0.2, 0.25) is 0 Å². The van der Waals surface area contributed by atoms with Gasteiger partial charge in [0.05, 0.1) is 0 Å². The quantitative estimate of drug-likeness (QED) is 0.878. The summed E-state index contributed by atoms with van der Waals surface area (Å²) in [4.78, 5) is 2.60. The maximum Gasteiger partial charge on any atom is 0.0240 e. The molecular formula is C17H28N2. The van der Waals surface area contributed by atoms with E-state index in [1.165, 1.54) is 11.1 Å². The topological polar surface area (TPSA) is 15.3 Å². The van der Waals surface area contributed by atoms with Gasteiger partial charge in [-0.05, 0) is 30.4 Å². The van der Waals surface area contributed by atoms with Crippen molar-refractivity contribution in [1.82, 2.24) is 10.2 Å². The van der Waals surface area contributed by atoms with E-state index in [0.717, 1.165) is 19.6 Å². The van der Waals surface area contributed by atoms with Crippen molar-refractivity contribution in [3.05, 3.63) is 35.4 Å². The van der Waals surface area contributed by atoms with Crippen molar-refractivity contribution in [2.24, 2.45) is 0 Å². The Morgan fingerprint density at radius 3 is 2.05 bits per heavy atom. The minimum Gasteiger partial charge on any atom is -0.314 e. The summed E-state index contributed by atoms with van der Waals surface area (Å²) in [5, 5.41) is 3.49. The first-order valence-electron chi connectivity index (χ1n) is 7.44. The van der Waals surface area contributed by atoms with Gasteiger partial charge in [0.2, 0.25) is 0 Å². The summed E-state index contributed by atoms with van der Waals surface area (Å²) in [5.41, 5.74) is 3.08. The molecule has 0 amide bonds. The van der Waals surface area contributed by atoms with E-state index in [-0.39, 0.29) is 5.41 Å². The number of hydrogen-bond donors (Lipinski definition) is 1. The molecule has 0 radical (unpaired) electrons. The zero-order valence-corrected chi connectivity index (χ0v) is 13.0. The molecule has 1 aliphatic heterocycles. The van der Waals surface area contributed by atoms with Gasteiger partial charge in [0.1, 0.15) is 0 Å². The maximum atomic E-state index is 3.49. The van der Waals surface area contributed by atoms with E-state index in [1.807, 2.05) is 0 Å². The molecule has 106 valence electrons. The molecule has 2 nitrogen and oxygen atoms in total. The number of nitrogens with one attached hydrogen (secondary N) is 1. The summed E-state index contributed by atoms with van der Waals surface area (Å²) >= 11 is 0. The highest BCUT2D eigenvalue weighted by Crippen LogP contribution is 2.23. The van der Waals surface area contributed by atoms with Gasteiger partial charge in [-0.3, -0.25) is 4.90 Å². The third-order valence-corrected chi connectivity index (χ3v) is 4.20. The average molecular weight is 260 g/mol. The number of rotatable bonds is 2. The van der Waals surface area contributed by atoms with Gasteiger partial charge in [0.25, 0.3) is 0 Å². The molecule has 2 atom stereocenters. The summed E-state index contributed by atoms with van der Waals surface area (Å²) in [7, 11) is 0. The molecule has 1 aromatic carbocycles. The second kappa shape index (κ2) is 5.64. The van der Waals surface area contributed by atoms with Gasteiger partial charge in [-0.1, -0.05) is 45.0 Å². The van der Waals surface area contributed by atoms with Crippen LogP contribution in [0.15, 0.2) is 24.3 Å². The summed E-state index contributed by atoms with van der Waals surface area (Å²) in [6.45, 7) is 14.7. The molecular weight excluding hydrogens is 232 g/mol. The Morgan fingerprint density at radius 2 is 1.58 bits per heavy atom. The molecule has 0 saturated carbocycles. The standard InChI is InChI=1S/C17H28N2/c1-13-10-18-11-14(2)19(13)12-15-6-8-16(9-7-15)17(3,4)5/h6-9,13-14,18H,10-12H2,1-5H3. The summed E-state index contributed by atoms with van der Waals surface area (Å²) in [6.07, 6.45) is 0. The van der Waals surface area contributed by atoms with Crippen molar-refractivity contribution in [2.75, 3.05) is 13.1 Å². The predicted molar refractivity (Wildman–Crippen MR) is 82.5 cm³/mol. The largest absolute Gasteiger partial charge is 0.314 e. The van der Waals surface area contributed by atoms with Gasteiger partial charge in [0, 0.05) is 31.7 Å². The van der Waals surface area contributed by atoms with Crippen LogP contribution in [0.4, 0.5) is 0 Å². The molecule has 0 aliphatic carbocycles. The first-order chi connectivity index (χ1) is 8.88. The molecule has 2 rings (SSSR count). The average Bonchev–Trinajstić information content (AvgIpc) is 2.33. The van der Waals surface area contributed by atoms with Crippen molar-refractivity contribution in [3.63, 3.8) is 0 Å². The fraction of sp³-hybridized carbons (Fsp3) is 0.647. The summed E-state index contributed by atoms with van der Waals surface area (Å²) in [6, 6.07) is 10.4. The minimum absolute atomic E-state index is 0.244. The van der Waals surface area contributed by atoms with Crippen LogP contribution in [0.3, 0.4) is 0 Å². The molecule has 1 heterocycles. The lowest BCUT2D eigenvalue weighted by Gasteiger charge is -2.39. The van der Waals surface area contributed by atoms with Crippen molar-refractivity contribution < 1.29 is 0 Å². The zero-order chi connectivity index (χ0) is 14.0. The molecule has 1 aromatic rings. The van der Waals surface area contributed by atoms with Crippen molar-refractivity contribution in [3.8, 4) is 0 Å². The zero-order valence-electron chi connectivity index (χ0n) is 13.0. The van der Waals surface area contributed by atoms with Crippen molar-refractivity contribution in [1.29, 1.82) is 0 Å². The fourth-order valence-corrected chi connectivity index (χ4v) is 2.80. The van der Waals surface area contributed by atoms with Crippen LogP contribution in [0.5, 0.6) is 0 Å². The van der Waals surface area contributed by atoms with E-state index in [2.05, 4.69) is 69.1 Å². The number of benzene rings is 1. The molecule has 2 unspecified atom stereocenters. The Bertz CT molecular complexity index is 392. The first-order valence-corrected chi connectivity index (χ1v) is 7.44. The highest BCUT2D eigenvalue weighted by Gasteiger charge is 2.24. The van der Waals surface area contributed by atoms with Gasteiger partial charge in [-0.15, -0.1) is 0 Å². The Balaban J connectivity index is 2.07. The van der Waals surface area contributed by atoms with Gasteiger partial charge in [0.15, 0.2) is 0 Å². The summed E-state index contributed by atoms with van der Waals surface area (Å²) in [5.74, 6) is 0. The Kier molecular flexibility index (Phi) is 4.32. The molecule has 1 N–H and O–H groups in total. The van der Waals surface area contributed by atoms with E-state index in [0.29, 0.717) is 12.1 Å². The third-order valence-electron chi connectivity index (χ3n) is 4.20. The Labute approximate surface area is 118 Å². The van der Waals surface area contributed by atoms with E-state index >= 15 is 0 Å². The number of nitrogens with zero attached hydrogens (tertiary/aromatic N) is 1. The smallest absolute Gasteiger partial charge is 0.0240 e. The van der Waals surface area contributed by atoms with E-state index in [1.54, 1.807) is 0 Å². The molecule has 2 heteroatoms. The monoisotopic (exact) mass is 260 g/mol. The number of hydrogen-bond acceptors (Lipinski definition) is 2. The van der Waals surface area contributed by atoms with E-state index < -0.39 is 0 Å². The van der Waals surface area contributed by atoms with Gasteiger partial charge in [-0.2, -0.15) is 0 Å². The molecule has 1 fully saturated rings. The highest BCUT2D eigenvalue weighted by molar-refractivity contribution is 5.27. The van der Waals surface area contributed by atoms with Crippen LogP contribution >= 0.6 is 0 Å². The molecule has 0 aromatic heterocycles. The third kappa shape index (κ3) is 3.58. The van der Waals surface area contributed by atoms with Crippen LogP contribution in [0.25, 0.3) is 0 Å². The molecule has 1 saturated heterocycles. The van der Waals surface area contributed by atoms with Crippen LogP contribution in [0, 0.1) is 0 Å². The lowest BCUT2D eigenvalue weighted by Crippen LogP contribution is -2.54. The molecule has 19 heavy (non-hydrogen) atoms. The lowest BCUT2D eigenvalue weighted by molar-refractivity contribution is 0.109. The highest BCUT2D eigenvalue weighted by atomic mass is 15.2. The second-order valence-corrected chi connectivity index (χ2v) is 6.98. The van der Waals surface area contributed by atoms with Crippen LogP contribution in [-0.4, -0.2) is 30.1 Å². The molecule has 0 bridgehead atoms. The van der Waals surface area contributed by atoms with Crippen LogP contribution < -0.4 is 5.32 Å². The molecule has 0 spiro atoms. The van der Waals surface area contributed by atoms with Gasteiger partial charge in [-0.25, -0.2) is 0 Å². The lowest BCUT2D eigenvalue weighted by atomic mass is 9.86. The van der Waals surface area contributed by atoms with E-state index in [4.69, 9.17) is 0 Å². The number of piperazine rings is 1. The first kappa shape index (κ1) is 14.5. The Hall–Kier alpha value is -0.860. The summed E-state index contributed by atoms with van der Waals surface area (Å²) < 4.78 is 0. The van der Waals surface area contributed by atoms with Crippen LogP contribution in [-0.2, 0) is 12.0 Å². The Morgan fingerprint density at radius 1 is 1.05 bits per heavy atom. The van der Waals surface area contributed by atoms with Gasteiger partial charge >= 0.3 is 0 Å². The van der Waals surface area contributed by atoms with Crippen LogP contribution in [0.1, 0.15) is 45.7 Å². The van der Waals surface area contributed by atoms with Crippen molar-refractivity contribution >= 4 is 0 Å². The van der Waals surface area contributed by atoms with Crippen molar-refractivity contribution in [2.45, 2.75) is 58.7 Å². The van der Waals surface area contributed by atoms with Gasteiger partial charge < -0.3 is 5.32 Å². The fourth-order valence-electron chi connectivity index (χ4n) is 2.80.